The maximum Gasteiger partial charge on any atom is 0.186 e. The first kappa shape index (κ1) is 9.78. The zero-order chi connectivity index (χ0) is 10.8. The minimum Gasteiger partial charge on any atom is -0.289 e. The average molecular weight is 197 g/mol. The Bertz CT molecular complexity index is 486. The third-order valence-electron chi connectivity index (χ3n) is 2.56. The molecule has 0 atom stereocenters. The summed E-state index contributed by atoms with van der Waals surface area (Å²) in [6, 6.07) is 13.3. The molecular weight excluding hydrogens is 184 g/mol. The van der Waals surface area contributed by atoms with Gasteiger partial charge in [-0.1, -0.05) is 42.0 Å². The van der Waals surface area contributed by atoms with Gasteiger partial charge in [0.2, 0.25) is 0 Å². The second-order valence-electron chi connectivity index (χ2n) is 3.81. The maximum absolute atomic E-state index is 11.7. The SMILES string of the molecule is Cc1ccc(-c2ccccc2[O])c(C)c1. The van der Waals surface area contributed by atoms with Crippen LogP contribution < -0.4 is 0 Å². The fourth-order valence-electron chi connectivity index (χ4n) is 1.80. The van der Waals surface area contributed by atoms with E-state index < -0.39 is 0 Å². The van der Waals surface area contributed by atoms with Crippen LogP contribution in [0.15, 0.2) is 42.5 Å². The van der Waals surface area contributed by atoms with Crippen LogP contribution in [0.3, 0.4) is 0 Å². The van der Waals surface area contributed by atoms with Crippen LogP contribution in [0.1, 0.15) is 11.1 Å². The normalized spacial score (nSPS) is 10.3. The van der Waals surface area contributed by atoms with Gasteiger partial charge in [0.05, 0.1) is 0 Å². The topological polar surface area (TPSA) is 19.9 Å². The van der Waals surface area contributed by atoms with Gasteiger partial charge in [-0.25, -0.2) is 0 Å². The predicted octanol–water partition coefficient (Wildman–Crippen LogP) is 4.11. The molecule has 1 heteroatoms. The van der Waals surface area contributed by atoms with E-state index in [1.54, 1.807) is 12.1 Å². The van der Waals surface area contributed by atoms with Gasteiger partial charge in [0.1, 0.15) is 0 Å². The van der Waals surface area contributed by atoms with Crippen LogP contribution in [0.2, 0.25) is 0 Å². The van der Waals surface area contributed by atoms with Crippen LogP contribution in [0.4, 0.5) is 0 Å². The molecule has 0 aliphatic heterocycles. The minimum absolute atomic E-state index is 0.0875. The van der Waals surface area contributed by atoms with Crippen molar-refractivity contribution in [3.63, 3.8) is 0 Å². The highest BCUT2D eigenvalue weighted by atomic mass is 16.3. The molecule has 0 heterocycles. The van der Waals surface area contributed by atoms with Crippen molar-refractivity contribution >= 4 is 0 Å². The highest BCUT2D eigenvalue weighted by Crippen LogP contribution is 2.31. The second-order valence-corrected chi connectivity index (χ2v) is 3.81. The number of rotatable bonds is 1. The molecule has 2 aromatic rings. The second kappa shape index (κ2) is 3.77. The number of aryl methyl sites for hydroxylation is 2. The summed E-state index contributed by atoms with van der Waals surface area (Å²) in [5.74, 6) is 0.0875. The Labute approximate surface area is 90.0 Å². The van der Waals surface area contributed by atoms with Crippen LogP contribution in [-0.2, 0) is 5.11 Å². The van der Waals surface area contributed by atoms with Crippen molar-refractivity contribution in [1.29, 1.82) is 0 Å². The predicted molar refractivity (Wildman–Crippen MR) is 61.5 cm³/mol. The smallest absolute Gasteiger partial charge is 0.186 e. The van der Waals surface area contributed by atoms with E-state index in [9.17, 15) is 5.11 Å². The summed E-state index contributed by atoms with van der Waals surface area (Å²) < 4.78 is 0. The summed E-state index contributed by atoms with van der Waals surface area (Å²) in [5, 5.41) is 11.7. The Hall–Kier alpha value is -1.76. The molecule has 15 heavy (non-hydrogen) atoms. The van der Waals surface area contributed by atoms with E-state index in [0.29, 0.717) is 0 Å². The molecule has 0 spiro atoms. The van der Waals surface area contributed by atoms with E-state index in [0.717, 1.165) is 16.7 Å². The first-order valence-electron chi connectivity index (χ1n) is 5.02. The number of hydrogen-bond donors (Lipinski definition) is 0. The van der Waals surface area contributed by atoms with E-state index >= 15 is 0 Å². The summed E-state index contributed by atoms with van der Waals surface area (Å²) in [6.45, 7) is 4.09. The van der Waals surface area contributed by atoms with E-state index in [1.807, 2.05) is 31.2 Å². The summed E-state index contributed by atoms with van der Waals surface area (Å²) in [5.41, 5.74) is 4.19. The molecule has 0 unspecified atom stereocenters. The molecule has 75 valence electrons. The molecule has 0 aliphatic carbocycles. The van der Waals surface area contributed by atoms with Crippen LogP contribution in [-0.4, -0.2) is 0 Å². The molecule has 0 aromatic heterocycles. The highest BCUT2D eigenvalue weighted by molar-refractivity contribution is 5.72. The van der Waals surface area contributed by atoms with Gasteiger partial charge in [-0.05, 0) is 31.0 Å². The lowest BCUT2D eigenvalue weighted by atomic mass is 9.98. The molecule has 0 aliphatic rings. The fraction of sp³-hybridized carbons (Fsp3) is 0.143. The molecule has 0 bridgehead atoms. The van der Waals surface area contributed by atoms with Crippen LogP contribution in [0, 0.1) is 13.8 Å². The van der Waals surface area contributed by atoms with Crippen molar-refractivity contribution in [3.8, 4) is 16.9 Å². The van der Waals surface area contributed by atoms with Crippen LogP contribution in [0.25, 0.3) is 11.1 Å². The fourth-order valence-corrected chi connectivity index (χ4v) is 1.80. The Balaban J connectivity index is 2.60. The zero-order valence-electron chi connectivity index (χ0n) is 8.95. The third-order valence-corrected chi connectivity index (χ3v) is 2.56. The van der Waals surface area contributed by atoms with Crippen molar-refractivity contribution in [1.82, 2.24) is 0 Å². The van der Waals surface area contributed by atoms with Crippen LogP contribution in [0.5, 0.6) is 5.75 Å². The van der Waals surface area contributed by atoms with Crippen molar-refractivity contribution in [2.75, 3.05) is 0 Å². The molecule has 0 saturated heterocycles. The maximum atomic E-state index is 11.7. The quantitative estimate of drug-likeness (QED) is 0.655. The molecule has 2 aromatic carbocycles. The molecule has 2 rings (SSSR count). The highest BCUT2D eigenvalue weighted by Gasteiger charge is 2.06. The summed E-state index contributed by atoms with van der Waals surface area (Å²) >= 11 is 0. The Morgan fingerprint density at radius 3 is 2.27 bits per heavy atom. The molecular formula is C14H13O. The Kier molecular flexibility index (Phi) is 2.46. The number of para-hydroxylation sites is 1. The molecule has 0 N–H and O–H groups in total. The van der Waals surface area contributed by atoms with E-state index in [2.05, 4.69) is 13.0 Å². The number of benzene rings is 2. The van der Waals surface area contributed by atoms with Gasteiger partial charge in [0, 0.05) is 5.56 Å². The van der Waals surface area contributed by atoms with Gasteiger partial charge in [0.15, 0.2) is 5.75 Å². The van der Waals surface area contributed by atoms with Gasteiger partial charge in [0.25, 0.3) is 0 Å². The molecule has 0 saturated carbocycles. The molecule has 1 nitrogen and oxygen atoms in total. The molecule has 1 radical (unpaired) electrons. The van der Waals surface area contributed by atoms with Gasteiger partial charge in [-0.3, -0.25) is 5.11 Å². The van der Waals surface area contributed by atoms with Gasteiger partial charge in [-0.15, -0.1) is 0 Å². The van der Waals surface area contributed by atoms with Crippen molar-refractivity contribution in [2.24, 2.45) is 0 Å². The lowest BCUT2D eigenvalue weighted by Crippen LogP contribution is -1.84. The first-order chi connectivity index (χ1) is 7.18. The van der Waals surface area contributed by atoms with E-state index in [1.165, 1.54) is 5.56 Å². The van der Waals surface area contributed by atoms with Gasteiger partial charge < -0.3 is 0 Å². The lowest BCUT2D eigenvalue weighted by molar-refractivity contribution is 0.356. The largest absolute Gasteiger partial charge is 0.289 e. The zero-order valence-corrected chi connectivity index (χ0v) is 8.95. The van der Waals surface area contributed by atoms with E-state index in [4.69, 9.17) is 0 Å². The van der Waals surface area contributed by atoms with Crippen molar-refractivity contribution in [2.45, 2.75) is 13.8 Å². The first-order valence-corrected chi connectivity index (χ1v) is 5.02. The van der Waals surface area contributed by atoms with Crippen molar-refractivity contribution in [3.05, 3.63) is 53.6 Å². The third kappa shape index (κ3) is 1.86. The lowest BCUT2D eigenvalue weighted by Gasteiger charge is -2.07. The average Bonchev–Trinajstić information content (AvgIpc) is 2.20. The minimum atomic E-state index is 0.0875. The summed E-state index contributed by atoms with van der Waals surface area (Å²) in [7, 11) is 0. The standard InChI is InChI=1S/C14H13O/c1-10-7-8-12(11(2)9-10)13-5-3-4-6-14(13)15/h3-9H,1-2H3. The van der Waals surface area contributed by atoms with Crippen LogP contribution >= 0.6 is 0 Å². The summed E-state index contributed by atoms with van der Waals surface area (Å²) in [6.07, 6.45) is 0. The molecule has 0 amide bonds. The Morgan fingerprint density at radius 1 is 0.867 bits per heavy atom. The van der Waals surface area contributed by atoms with Gasteiger partial charge >= 0.3 is 0 Å². The Morgan fingerprint density at radius 2 is 1.60 bits per heavy atom. The summed E-state index contributed by atoms with van der Waals surface area (Å²) in [4.78, 5) is 0. The van der Waals surface area contributed by atoms with Gasteiger partial charge in [-0.2, -0.15) is 0 Å². The number of hydrogen-bond acceptors (Lipinski definition) is 0. The molecule has 0 fully saturated rings. The van der Waals surface area contributed by atoms with E-state index in [-0.39, 0.29) is 5.75 Å². The monoisotopic (exact) mass is 197 g/mol. The van der Waals surface area contributed by atoms with Crippen molar-refractivity contribution < 1.29 is 5.11 Å².